The number of hydrogen-bond donors (Lipinski definition) is 1. The van der Waals surface area contributed by atoms with Crippen LogP contribution in [0.5, 0.6) is 0 Å². The first-order valence-corrected chi connectivity index (χ1v) is 7.57. The minimum absolute atomic E-state index is 0.0952. The third kappa shape index (κ3) is 3.17. The summed E-state index contributed by atoms with van der Waals surface area (Å²) in [6.45, 7) is 6.26. The van der Waals surface area contributed by atoms with Crippen molar-refractivity contribution in [2.24, 2.45) is 5.92 Å². The van der Waals surface area contributed by atoms with E-state index in [2.05, 4.69) is 33.3 Å². The van der Waals surface area contributed by atoms with E-state index in [1.165, 1.54) is 4.68 Å². The summed E-state index contributed by atoms with van der Waals surface area (Å²) in [5.74, 6) is 0.505. The van der Waals surface area contributed by atoms with Crippen LogP contribution in [0.4, 0.5) is 5.69 Å². The van der Waals surface area contributed by atoms with Crippen LogP contribution in [-0.2, 0) is 11.3 Å². The zero-order valence-electron chi connectivity index (χ0n) is 11.4. The summed E-state index contributed by atoms with van der Waals surface area (Å²) in [7, 11) is 0. The van der Waals surface area contributed by atoms with Gasteiger partial charge in [0.15, 0.2) is 0 Å². The van der Waals surface area contributed by atoms with E-state index in [0.717, 1.165) is 31.7 Å². The first-order chi connectivity index (χ1) is 9.17. The lowest BCUT2D eigenvalue weighted by Crippen LogP contribution is -2.26. The van der Waals surface area contributed by atoms with Crippen molar-refractivity contribution in [2.45, 2.75) is 39.3 Å². The van der Waals surface area contributed by atoms with Crippen molar-refractivity contribution in [2.75, 3.05) is 18.5 Å². The fourth-order valence-electron chi connectivity index (χ4n) is 2.43. The number of hydrogen-bond acceptors (Lipinski definition) is 4. The van der Waals surface area contributed by atoms with Gasteiger partial charge in [-0.15, -0.1) is 0 Å². The molecule has 106 valence electrons. The van der Waals surface area contributed by atoms with Crippen LogP contribution in [0.1, 0.15) is 26.7 Å². The highest BCUT2D eigenvalue weighted by molar-refractivity contribution is 9.10. The van der Waals surface area contributed by atoms with Crippen LogP contribution in [0.2, 0.25) is 0 Å². The predicted octanol–water partition coefficient (Wildman–Crippen LogP) is 2.25. The first kappa shape index (κ1) is 14.5. The molecule has 0 aromatic carbocycles. The second-order valence-electron chi connectivity index (χ2n) is 4.74. The molecule has 0 radical (unpaired) electrons. The molecule has 2 atom stereocenters. The number of rotatable bonds is 5. The summed E-state index contributed by atoms with van der Waals surface area (Å²) in [5.41, 5.74) is 0.665. The lowest BCUT2D eigenvalue weighted by atomic mass is 10.00. The molecule has 0 saturated carbocycles. The minimum Gasteiger partial charge on any atom is -0.382 e. The average molecular weight is 330 g/mol. The molecule has 2 heterocycles. The fourth-order valence-corrected chi connectivity index (χ4v) is 2.88. The van der Waals surface area contributed by atoms with Gasteiger partial charge in [0.1, 0.15) is 4.47 Å². The van der Waals surface area contributed by atoms with E-state index in [9.17, 15) is 4.79 Å². The maximum Gasteiger partial charge on any atom is 0.283 e. The van der Waals surface area contributed by atoms with Crippen molar-refractivity contribution < 1.29 is 4.74 Å². The molecule has 1 aliphatic heterocycles. The number of halogens is 1. The first-order valence-electron chi connectivity index (χ1n) is 6.78. The van der Waals surface area contributed by atoms with Crippen molar-refractivity contribution in [3.8, 4) is 0 Å². The molecule has 1 aliphatic rings. The van der Waals surface area contributed by atoms with E-state index >= 15 is 0 Å². The second-order valence-corrected chi connectivity index (χ2v) is 5.53. The highest BCUT2D eigenvalue weighted by atomic mass is 79.9. The average Bonchev–Trinajstić information content (AvgIpc) is 2.88. The maximum absolute atomic E-state index is 11.9. The molecule has 5 nitrogen and oxygen atoms in total. The SMILES string of the molecule is CCC1OCCC1CNc1cnn(CC)c(=O)c1Br. The maximum atomic E-state index is 11.9. The highest BCUT2D eigenvalue weighted by Gasteiger charge is 2.26. The molecule has 0 amide bonds. The van der Waals surface area contributed by atoms with E-state index in [1.807, 2.05) is 6.92 Å². The molecule has 6 heteroatoms. The van der Waals surface area contributed by atoms with Gasteiger partial charge < -0.3 is 10.1 Å². The Morgan fingerprint density at radius 3 is 3.05 bits per heavy atom. The van der Waals surface area contributed by atoms with Gasteiger partial charge in [0.2, 0.25) is 0 Å². The molecule has 0 spiro atoms. The Hall–Kier alpha value is -0.880. The molecule has 0 bridgehead atoms. The number of anilines is 1. The van der Waals surface area contributed by atoms with Crippen molar-refractivity contribution >= 4 is 21.6 Å². The number of nitrogens with zero attached hydrogens (tertiary/aromatic N) is 2. The topological polar surface area (TPSA) is 56.1 Å². The Morgan fingerprint density at radius 1 is 1.58 bits per heavy atom. The standard InChI is InChI=1S/C13H20BrN3O2/c1-3-11-9(5-6-19-11)7-15-10-8-16-17(4-2)13(18)12(10)14/h8-9,11,15H,3-7H2,1-2H3. The molecular weight excluding hydrogens is 310 g/mol. The van der Waals surface area contributed by atoms with Crippen LogP contribution in [-0.4, -0.2) is 29.0 Å². The minimum atomic E-state index is -0.0952. The molecule has 1 aromatic rings. The van der Waals surface area contributed by atoms with Gasteiger partial charge in [-0.25, -0.2) is 4.68 Å². The predicted molar refractivity (Wildman–Crippen MR) is 78.5 cm³/mol. The Labute approximate surface area is 121 Å². The summed E-state index contributed by atoms with van der Waals surface area (Å²) in [4.78, 5) is 11.9. The van der Waals surface area contributed by atoms with Crippen LogP contribution >= 0.6 is 15.9 Å². The summed E-state index contributed by atoms with van der Waals surface area (Å²) in [6.07, 6.45) is 4.13. The summed E-state index contributed by atoms with van der Waals surface area (Å²) >= 11 is 3.35. The lowest BCUT2D eigenvalue weighted by molar-refractivity contribution is 0.0900. The van der Waals surface area contributed by atoms with Crippen LogP contribution in [0.25, 0.3) is 0 Å². The molecule has 1 N–H and O–H groups in total. The van der Waals surface area contributed by atoms with Gasteiger partial charge in [0.25, 0.3) is 5.56 Å². The van der Waals surface area contributed by atoms with Gasteiger partial charge in [-0.2, -0.15) is 5.10 Å². The molecule has 1 aromatic heterocycles. The summed E-state index contributed by atoms with van der Waals surface area (Å²) in [6, 6.07) is 0. The third-order valence-electron chi connectivity index (χ3n) is 3.59. The number of ether oxygens (including phenoxy) is 1. The number of aromatic nitrogens is 2. The van der Waals surface area contributed by atoms with E-state index in [-0.39, 0.29) is 5.56 Å². The van der Waals surface area contributed by atoms with Crippen molar-refractivity contribution in [3.63, 3.8) is 0 Å². The largest absolute Gasteiger partial charge is 0.382 e. The Balaban J connectivity index is 2.04. The van der Waals surface area contributed by atoms with E-state index in [4.69, 9.17) is 4.74 Å². The van der Waals surface area contributed by atoms with Crippen molar-refractivity contribution in [1.29, 1.82) is 0 Å². The molecule has 1 fully saturated rings. The molecule has 1 saturated heterocycles. The number of aryl methyl sites for hydroxylation is 1. The smallest absolute Gasteiger partial charge is 0.283 e. The van der Waals surface area contributed by atoms with Gasteiger partial charge in [0, 0.05) is 25.6 Å². The lowest BCUT2D eigenvalue weighted by Gasteiger charge is -2.18. The quantitative estimate of drug-likeness (QED) is 0.900. The van der Waals surface area contributed by atoms with Crippen molar-refractivity contribution in [1.82, 2.24) is 9.78 Å². The van der Waals surface area contributed by atoms with Crippen LogP contribution in [0.15, 0.2) is 15.5 Å². The van der Waals surface area contributed by atoms with Crippen molar-refractivity contribution in [3.05, 3.63) is 21.0 Å². The van der Waals surface area contributed by atoms with Crippen LogP contribution in [0, 0.1) is 5.92 Å². The highest BCUT2D eigenvalue weighted by Crippen LogP contribution is 2.24. The molecule has 2 rings (SSSR count). The zero-order chi connectivity index (χ0) is 13.8. The van der Waals surface area contributed by atoms with E-state index < -0.39 is 0 Å². The molecule has 19 heavy (non-hydrogen) atoms. The molecule has 0 aliphatic carbocycles. The van der Waals surface area contributed by atoms with Gasteiger partial charge in [-0.1, -0.05) is 6.92 Å². The van der Waals surface area contributed by atoms with Crippen LogP contribution in [0.3, 0.4) is 0 Å². The monoisotopic (exact) mass is 329 g/mol. The van der Waals surface area contributed by atoms with E-state index in [1.54, 1.807) is 6.20 Å². The van der Waals surface area contributed by atoms with Gasteiger partial charge in [-0.3, -0.25) is 4.79 Å². The summed E-state index contributed by atoms with van der Waals surface area (Å²) < 4.78 is 7.65. The number of nitrogens with one attached hydrogen (secondary N) is 1. The molecular formula is C13H20BrN3O2. The van der Waals surface area contributed by atoms with Crippen LogP contribution < -0.4 is 10.9 Å². The zero-order valence-corrected chi connectivity index (χ0v) is 12.9. The van der Waals surface area contributed by atoms with Gasteiger partial charge in [0.05, 0.1) is 18.0 Å². The fraction of sp³-hybridized carbons (Fsp3) is 0.692. The second kappa shape index (κ2) is 6.52. The molecule has 2 unspecified atom stereocenters. The van der Waals surface area contributed by atoms with E-state index in [0.29, 0.717) is 23.0 Å². The summed E-state index contributed by atoms with van der Waals surface area (Å²) in [5, 5.41) is 7.43. The Kier molecular flexibility index (Phi) is 4.99. The normalized spacial score (nSPS) is 22.7. The Morgan fingerprint density at radius 2 is 2.37 bits per heavy atom. The van der Waals surface area contributed by atoms with Gasteiger partial charge >= 0.3 is 0 Å². The van der Waals surface area contributed by atoms with Gasteiger partial charge in [-0.05, 0) is 35.7 Å². The Bertz CT molecular complexity index is 489. The third-order valence-corrected chi connectivity index (χ3v) is 4.35.